The monoisotopic (exact) mass is 369 g/mol. The van der Waals surface area contributed by atoms with Gasteiger partial charge in [0.2, 0.25) is 5.89 Å². The van der Waals surface area contributed by atoms with E-state index in [4.69, 9.17) is 9.68 Å². The average Bonchev–Trinajstić information content (AvgIpc) is 3.02. The number of aromatic hydroxyl groups is 1. The van der Waals surface area contributed by atoms with Crippen molar-refractivity contribution < 1.29 is 9.52 Å². The summed E-state index contributed by atoms with van der Waals surface area (Å²) in [5.41, 5.74) is 3.03. The van der Waals surface area contributed by atoms with E-state index in [0.29, 0.717) is 24.5 Å². The van der Waals surface area contributed by atoms with Crippen LogP contribution in [0.2, 0.25) is 0 Å². The van der Waals surface area contributed by atoms with E-state index in [2.05, 4.69) is 57.9 Å². The Morgan fingerprint density at radius 2 is 1.70 bits per heavy atom. The molecule has 0 saturated heterocycles. The van der Waals surface area contributed by atoms with Crippen molar-refractivity contribution in [3.05, 3.63) is 35.2 Å². The minimum Gasteiger partial charge on any atom is -0.507 e. The zero-order chi connectivity index (χ0) is 20.4. The van der Waals surface area contributed by atoms with Crippen molar-refractivity contribution in [1.82, 2.24) is 10.3 Å². The number of nitriles is 1. The van der Waals surface area contributed by atoms with Crippen LogP contribution in [0.25, 0.3) is 11.5 Å². The summed E-state index contributed by atoms with van der Waals surface area (Å²) in [4.78, 5) is 4.61. The van der Waals surface area contributed by atoms with Gasteiger partial charge in [-0.15, -0.1) is 0 Å². The minimum absolute atomic E-state index is 0.196. The predicted octanol–water partition coefficient (Wildman–Crippen LogP) is 4.69. The molecule has 2 rings (SSSR count). The highest BCUT2D eigenvalue weighted by atomic mass is 16.3. The zero-order valence-electron chi connectivity index (χ0n) is 17.5. The van der Waals surface area contributed by atoms with Gasteiger partial charge in [-0.2, -0.15) is 5.26 Å². The van der Waals surface area contributed by atoms with E-state index >= 15 is 0 Å². The quantitative estimate of drug-likeness (QED) is 0.799. The maximum atomic E-state index is 10.8. The SMILES string of the molecule is CNC(C#N)CCc1coc(-c2cc(C(C)(C)C)c(O)c(C(C)(C)C)c2)n1. The number of rotatable bonds is 5. The molecule has 0 saturated carbocycles. The molecular formula is C22H31N3O2. The highest BCUT2D eigenvalue weighted by Gasteiger charge is 2.27. The van der Waals surface area contributed by atoms with Crippen molar-refractivity contribution in [3.63, 3.8) is 0 Å². The molecule has 1 atom stereocenters. The molecule has 0 fully saturated rings. The minimum atomic E-state index is -0.206. The number of aryl methyl sites for hydroxylation is 1. The molecule has 1 aromatic heterocycles. The van der Waals surface area contributed by atoms with Crippen molar-refractivity contribution in [2.24, 2.45) is 0 Å². The van der Waals surface area contributed by atoms with Crippen LogP contribution < -0.4 is 5.32 Å². The topological polar surface area (TPSA) is 82.1 Å². The number of hydrogen-bond acceptors (Lipinski definition) is 5. The molecule has 0 amide bonds. The Balaban J connectivity index is 2.43. The molecule has 27 heavy (non-hydrogen) atoms. The summed E-state index contributed by atoms with van der Waals surface area (Å²) in [6.45, 7) is 12.5. The first-order valence-electron chi connectivity index (χ1n) is 9.37. The van der Waals surface area contributed by atoms with Gasteiger partial charge < -0.3 is 14.8 Å². The first-order valence-corrected chi connectivity index (χ1v) is 9.37. The van der Waals surface area contributed by atoms with E-state index in [1.165, 1.54) is 0 Å². The van der Waals surface area contributed by atoms with Gasteiger partial charge in [0.05, 0.1) is 17.8 Å². The van der Waals surface area contributed by atoms with Gasteiger partial charge in [0.15, 0.2) is 0 Å². The number of benzene rings is 1. The van der Waals surface area contributed by atoms with E-state index in [9.17, 15) is 5.11 Å². The van der Waals surface area contributed by atoms with Crippen molar-refractivity contribution in [2.45, 2.75) is 71.3 Å². The van der Waals surface area contributed by atoms with Gasteiger partial charge in [-0.05, 0) is 42.9 Å². The molecule has 0 aliphatic carbocycles. The van der Waals surface area contributed by atoms with E-state index in [1.54, 1.807) is 13.3 Å². The summed E-state index contributed by atoms with van der Waals surface area (Å²) in [7, 11) is 1.78. The van der Waals surface area contributed by atoms with Crippen LogP contribution in [0.3, 0.4) is 0 Å². The molecule has 1 aromatic carbocycles. The van der Waals surface area contributed by atoms with Crippen molar-refractivity contribution in [2.75, 3.05) is 7.05 Å². The number of phenols is 1. The second-order valence-electron chi connectivity index (χ2n) is 9.07. The Labute approximate surface area is 162 Å². The van der Waals surface area contributed by atoms with Gasteiger partial charge in [-0.25, -0.2) is 4.98 Å². The standard InChI is InChI=1S/C22H31N3O2/c1-21(2,3)17-10-14(11-18(19(17)26)22(4,5)6)20-25-16(13-27-20)9-8-15(12-23)24-7/h10-11,13,15,24,26H,8-9H2,1-7H3. The van der Waals surface area contributed by atoms with Crippen LogP contribution in [-0.4, -0.2) is 23.2 Å². The molecule has 0 aliphatic heterocycles. The highest BCUT2D eigenvalue weighted by molar-refractivity contribution is 5.63. The summed E-state index contributed by atoms with van der Waals surface area (Å²) >= 11 is 0. The normalized spacial score (nSPS) is 13.4. The Kier molecular flexibility index (Phi) is 6.01. The van der Waals surface area contributed by atoms with Gasteiger partial charge >= 0.3 is 0 Å². The van der Waals surface area contributed by atoms with Crippen LogP contribution in [0, 0.1) is 11.3 Å². The zero-order valence-corrected chi connectivity index (χ0v) is 17.5. The Hall–Kier alpha value is -2.32. The lowest BCUT2D eigenvalue weighted by molar-refractivity contribution is 0.423. The number of nitrogens with zero attached hydrogens (tertiary/aromatic N) is 2. The van der Waals surface area contributed by atoms with Crippen molar-refractivity contribution in [3.8, 4) is 23.3 Å². The van der Waals surface area contributed by atoms with E-state index < -0.39 is 0 Å². The lowest BCUT2D eigenvalue weighted by Crippen LogP contribution is -2.23. The van der Waals surface area contributed by atoms with Crippen molar-refractivity contribution >= 4 is 0 Å². The van der Waals surface area contributed by atoms with Crippen LogP contribution >= 0.6 is 0 Å². The first kappa shape index (κ1) is 21.0. The summed E-state index contributed by atoms with van der Waals surface area (Å²) < 4.78 is 5.73. The Morgan fingerprint density at radius 1 is 1.15 bits per heavy atom. The molecular weight excluding hydrogens is 338 g/mol. The van der Waals surface area contributed by atoms with Gasteiger partial charge in [0, 0.05) is 16.7 Å². The molecule has 0 radical (unpaired) electrons. The molecule has 0 aliphatic rings. The molecule has 2 N–H and O–H groups in total. The Bertz CT molecular complexity index is 797. The number of nitrogens with one attached hydrogen (secondary N) is 1. The van der Waals surface area contributed by atoms with E-state index in [1.807, 2.05) is 12.1 Å². The van der Waals surface area contributed by atoms with E-state index in [-0.39, 0.29) is 16.9 Å². The molecule has 1 heterocycles. The van der Waals surface area contributed by atoms with Crippen LogP contribution in [0.5, 0.6) is 5.75 Å². The largest absolute Gasteiger partial charge is 0.507 e. The highest BCUT2D eigenvalue weighted by Crippen LogP contribution is 2.41. The molecule has 0 bridgehead atoms. The lowest BCUT2D eigenvalue weighted by atomic mass is 9.78. The molecule has 5 nitrogen and oxygen atoms in total. The van der Waals surface area contributed by atoms with E-state index in [0.717, 1.165) is 22.4 Å². The fourth-order valence-electron chi connectivity index (χ4n) is 3.02. The molecule has 2 aromatic rings. The lowest BCUT2D eigenvalue weighted by Gasteiger charge is -2.27. The second-order valence-corrected chi connectivity index (χ2v) is 9.07. The summed E-state index contributed by atoms with van der Waals surface area (Å²) in [5, 5.41) is 22.9. The fraction of sp³-hybridized carbons (Fsp3) is 0.545. The second kappa shape index (κ2) is 7.74. The molecule has 0 spiro atoms. The van der Waals surface area contributed by atoms with Crippen LogP contribution in [0.1, 0.15) is 64.8 Å². The number of hydrogen-bond donors (Lipinski definition) is 2. The summed E-state index contributed by atoms with van der Waals surface area (Å²) in [6.07, 6.45) is 2.99. The van der Waals surface area contributed by atoms with Gasteiger partial charge in [0.25, 0.3) is 0 Å². The third-order valence-electron chi connectivity index (χ3n) is 4.72. The maximum Gasteiger partial charge on any atom is 0.226 e. The molecule has 146 valence electrons. The van der Waals surface area contributed by atoms with Gasteiger partial charge in [-0.1, -0.05) is 41.5 Å². The number of aromatic nitrogens is 1. The van der Waals surface area contributed by atoms with Gasteiger partial charge in [-0.3, -0.25) is 0 Å². The number of oxazole rings is 1. The average molecular weight is 370 g/mol. The summed E-state index contributed by atoms with van der Waals surface area (Å²) in [5.74, 6) is 0.885. The number of phenolic OH excluding ortho intramolecular Hbond substituents is 1. The predicted molar refractivity (Wildman–Crippen MR) is 108 cm³/mol. The van der Waals surface area contributed by atoms with Crippen LogP contribution in [0.4, 0.5) is 0 Å². The first-order chi connectivity index (χ1) is 12.5. The summed E-state index contributed by atoms with van der Waals surface area (Å²) in [6, 6.07) is 5.95. The third-order valence-corrected chi connectivity index (χ3v) is 4.72. The van der Waals surface area contributed by atoms with Gasteiger partial charge in [0.1, 0.15) is 12.0 Å². The van der Waals surface area contributed by atoms with Crippen LogP contribution in [-0.2, 0) is 17.3 Å². The smallest absolute Gasteiger partial charge is 0.226 e. The van der Waals surface area contributed by atoms with Crippen molar-refractivity contribution in [1.29, 1.82) is 5.26 Å². The van der Waals surface area contributed by atoms with Crippen LogP contribution in [0.15, 0.2) is 22.8 Å². The maximum absolute atomic E-state index is 10.8. The third kappa shape index (κ3) is 4.90. The fourth-order valence-corrected chi connectivity index (χ4v) is 3.02. The Morgan fingerprint density at radius 3 is 2.15 bits per heavy atom. The molecule has 5 heteroatoms. The molecule has 1 unspecified atom stereocenters.